The Bertz CT molecular complexity index is 1110. The Balaban J connectivity index is 1.64. The van der Waals surface area contributed by atoms with Crippen molar-refractivity contribution in [3.63, 3.8) is 0 Å². The summed E-state index contributed by atoms with van der Waals surface area (Å²) >= 11 is 0. The summed E-state index contributed by atoms with van der Waals surface area (Å²) in [5, 5.41) is 22.5. The topological polar surface area (TPSA) is 118 Å². The lowest BCUT2D eigenvalue weighted by Gasteiger charge is -2.08. The van der Waals surface area contributed by atoms with Crippen LogP contribution >= 0.6 is 0 Å². The van der Waals surface area contributed by atoms with E-state index in [9.17, 15) is 20.2 Å². The summed E-state index contributed by atoms with van der Waals surface area (Å²) in [6.07, 6.45) is 0. The molecule has 0 aliphatic carbocycles. The molecule has 0 radical (unpaired) electrons. The van der Waals surface area contributed by atoms with Gasteiger partial charge in [0.15, 0.2) is 5.76 Å². The second-order valence-corrected chi connectivity index (χ2v) is 6.83. The van der Waals surface area contributed by atoms with E-state index in [0.717, 1.165) is 6.07 Å². The Kier molecular flexibility index (Phi) is 6.13. The number of nitrogens with zero attached hydrogens (tertiary/aromatic N) is 2. The molecule has 0 aliphatic rings. The molecule has 3 rings (SSSR count). The number of benzene rings is 2. The summed E-state index contributed by atoms with van der Waals surface area (Å²) in [7, 11) is 0. The van der Waals surface area contributed by atoms with E-state index in [1.54, 1.807) is 6.07 Å². The molecule has 30 heavy (non-hydrogen) atoms. The SMILES string of the molecule is CC(C)c1ccc(OCc2ccc(C(=O)Nc3ccc([N+](=O)[O-])cc3C#N)o2)cc1. The number of nitrogens with one attached hydrogen (secondary N) is 1. The van der Waals surface area contributed by atoms with Gasteiger partial charge in [0.1, 0.15) is 24.2 Å². The fourth-order valence-corrected chi connectivity index (χ4v) is 2.71. The molecule has 0 saturated carbocycles. The van der Waals surface area contributed by atoms with Crippen LogP contribution in [0.4, 0.5) is 11.4 Å². The first-order valence-corrected chi connectivity index (χ1v) is 9.18. The molecule has 3 aromatic rings. The van der Waals surface area contributed by atoms with Crippen LogP contribution in [0.5, 0.6) is 5.75 Å². The number of nitro groups is 1. The predicted molar refractivity (Wildman–Crippen MR) is 109 cm³/mol. The number of furan rings is 1. The van der Waals surface area contributed by atoms with Crippen molar-refractivity contribution in [1.29, 1.82) is 5.26 Å². The Morgan fingerprint density at radius 2 is 1.93 bits per heavy atom. The summed E-state index contributed by atoms with van der Waals surface area (Å²) in [6.45, 7) is 4.37. The Labute approximate surface area is 172 Å². The molecule has 2 aromatic carbocycles. The quantitative estimate of drug-likeness (QED) is 0.436. The third-order valence-corrected chi connectivity index (χ3v) is 4.40. The number of amides is 1. The summed E-state index contributed by atoms with van der Waals surface area (Å²) in [5.41, 5.74) is 1.12. The second kappa shape index (κ2) is 8.92. The van der Waals surface area contributed by atoms with Gasteiger partial charge in [0, 0.05) is 12.1 Å². The van der Waals surface area contributed by atoms with Gasteiger partial charge in [-0.15, -0.1) is 0 Å². The highest BCUT2D eigenvalue weighted by atomic mass is 16.6. The van der Waals surface area contributed by atoms with E-state index in [1.807, 2.05) is 30.3 Å². The van der Waals surface area contributed by atoms with Gasteiger partial charge in [-0.25, -0.2) is 0 Å². The van der Waals surface area contributed by atoms with E-state index < -0.39 is 10.8 Å². The third kappa shape index (κ3) is 4.83. The summed E-state index contributed by atoms with van der Waals surface area (Å²) in [4.78, 5) is 22.6. The number of carbonyl (C=O) groups excluding carboxylic acids is 1. The van der Waals surface area contributed by atoms with Gasteiger partial charge < -0.3 is 14.5 Å². The van der Waals surface area contributed by atoms with E-state index in [4.69, 9.17) is 9.15 Å². The molecule has 1 aromatic heterocycles. The van der Waals surface area contributed by atoms with Crippen molar-refractivity contribution in [2.75, 3.05) is 5.32 Å². The fourth-order valence-electron chi connectivity index (χ4n) is 2.71. The highest BCUT2D eigenvalue weighted by Crippen LogP contribution is 2.23. The zero-order valence-corrected chi connectivity index (χ0v) is 16.4. The highest BCUT2D eigenvalue weighted by molar-refractivity contribution is 6.03. The van der Waals surface area contributed by atoms with Gasteiger partial charge in [-0.05, 0) is 41.8 Å². The van der Waals surface area contributed by atoms with Crippen LogP contribution in [0, 0.1) is 21.4 Å². The molecule has 0 aliphatic heterocycles. The first-order valence-electron chi connectivity index (χ1n) is 9.18. The minimum atomic E-state index is -0.610. The molecule has 1 N–H and O–H groups in total. The Morgan fingerprint density at radius 1 is 1.20 bits per heavy atom. The highest BCUT2D eigenvalue weighted by Gasteiger charge is 2.16. The third-order valence-electron chi connectivity index (χ3n) is 4.40. The van der Waals surface area contributed by atoms with Crippen LogP contribution in [0.3, 0.4) is 0 Å². The van der Waals surface area contributed by atoms with Gasteiger partial charge in [0.05, 0.1) is 16.2 Å². The summed E-state index contributed by atoms with van der Waals surface area (Å²) in [6, 6.07) is 16.3. The Hall–Kier alpha value is -4.12. The van der Waals surface area contributed by atoms with Crippen LogP contribution in [0.25, 0.3) is 0 Å². The molecule has 0 atom stereocenters. The van der Waals surface area contributed by atoms with Gasteiger partial charge in [0.25, 0.3) is 11.6 Å². The number of nitro benzene ring substituents is 1. The average Bonchev–Trinajstić information content (AvgIpc) is 3.22. The number of ether oxygens (including phenoxy) is 1. The molecular weight excluding hydrogens is 386 g/mol. The van der Waals surface area contributed by atoms with Crippen molar-refractivity contribution in [2.45, 2.75) is 26.4 Å². The number of hydrogen-bond donors (Lipinski definition) is 1. The minimum absolute atomic E-state index is 0.0162. The lowest BCUT2D eigenvalue weighted by atomic mass is 10.0. The molecule has 0 bridgehead atoms. The van der Waals surface area contributed by atoms with E-state index >= 15 is 0 Å². The van der Waals surface area contributed by atoms with E-state index in [1.165, 1.54) is 23.8 Å². The largest absolute Gasteiger partial charge is 0.486 e. The van der Waals surface area contributed by atoms with Crippen LogP contribution in [-0.2, 0) is 6.61 Å². The van der Waals surface area contributed by atoms with Crippen molar-refractivity contribution in [2.24, 2.45) is 0 Å². The minimum Gasteiger partial charge on any atom is -0.486 e. The lowest BCUT2D eigenvalue weighted by Crippen LogP contribution is -2.12. The zero-order chi connectivity index (χ0) is 21.7. The van der Waals surface area contributed by atoms with Crippen molar-refractivity contribution in [3.05, 3.63) is 87.4 Å². The van der Waals surface area contributed by atoms with E-state index in [2.05, 4.69) is 19.2 Å². The summed E-state index contributed by atoms with van der Waals surface area (Å²) < 4.78 is 11.2. The van der Waals surface area contributed by atoms with Crippen LogP contribution in [0.2, 0.25) is 0 Å². The number of rotatable bonds is 7. The molecule has 1 heterocycles. The molecule has 0 saturated heterocycles. The smallest absolute Gasteiger partial charge is 0.291 e. The Morgan fingerprint density at radius 3 is 2.57 bits per heavy atom. The molecule has 0 unspecified atom stereocenters. The van der Waals surface area contributed by atoms with Crippen molar-refractivity contribution < 1.29 is 18.9 Å². The first kappa shape index (κ1) is 20.6. The normalized spacial score (nSPS) is 10.5. The van der Waals surface area contributed by atoms with Gasteiger partial charge >= 0.3 is 0 Å². The molecule has 8 nitrogen and oxygen atoms in total. The van der Waals surface area contributed by atoms with Crippen LogP contribution in [-0.4, -0.2) is 10.8 Å². The molecule has 0 spiro atoms. The predicted octanol–water partition coefficient (Wildman–Crippen LogP) is 5.01. The maximum atomic E-state index is 12.4. The van der Waals surface area contributed by atoms with Crippen LogP contribution < -0.4 is 10.1 Å². The maximum absolute atomic E-state index is 12.4. The lowest BCUT2D eigenvalue weighted by molar-refractivity contribution is -0.384. The number of nitriles is 1. The van der Waals surface area contributed by atoms with Crippen LogP contribution in [0.1, 0.15) is 47.2 Å². The first-order chi connectivity index (χ1) is 14.4. The number of carbonyl (C=O) groups is 1. The van der Waals surface area contributed by atoms with E-state index in [-0.39, 0.29) is 29.3 Å². The monoisotopic (exact) mass is 405 g/mol. The van der Waals surface area contributed by atoms with Gasteiger partial charge in [-0.3, -0.25) is 14.9 Å². The molecule has 8 heteroatoms. The van der Waals surface area contributed by atoms with Gasteiger partial charge in [-0.2, -0.15) is 5.26 Å². The number of anilines is 1. The number of hydrogen-bond acceptors (Lipinski definition) is 6. The fraction of sp³-hybridized carbons (Fsp3) is 0.182. The maximum Gasteiger partial charge on any atom is 0.291 e. The standard InChI is InChI=1S/C22H19N3O5/c1-14(2)15-3-6-18(7-4-15)29-13-19-8-10-21(30-19)22(26)24-20-9-5-17(25(27)28)11-16(20)12-23/h3-11,14H,13H2,1-2H3,(H,24,26). The van der Waals surface area contributed by atoms with Crippen molar-refractivity contribution in [1.82, 2.24) is 0 Å². The van der Waals surface area contributed by atoms with Crippen molar-refractivity contribution >= 4 is 17.3 Å². The molecule has 152 valence electrons. The van der Waals surface area contributed by atoms with Crippen molar-refractivity contribution in [3.8, 4) is 11.8 Å². The van der Waals surface area contributed by atoms with Gasteiger partial charge in [0.2, 0.25) is 0 Å². The number of non-ortho nitro benzene ring substituents is 1. The van der Waals surface area contributed by atoms with Crippen LogP contribution in [0.15, 0.2) is 59.0 Å². The van der Waals surface area contributed by atoms with E-state index in [0.29, 0.717) is 17.4 Å². The summed E-state index contributed by atoms with van der Waals surface area (Å²) in [5.74, 6) is 1.03. The molecule has 0 fully saturated rings. The molecule has 1 amide bonds. The van der Waals surface area contributed by atoms with Gasteiger partial charge in [-0.1, -0.05) is 26.0 Å². The molecular formula is C22H19N3O5. The average molecular weight is 405 g/mol. The zero-order valence-electron chi connectivity index (χ0n) is 16.4. The second-order valence-electron chi connectivity index (χ2n) is 6.83.